The van der Waals surface area contributed by atoms with E-state index in [0.717, 1.165) is 25.3 Å². The first-order valence-electron chi connectivity index (χ1n) is 6.98. The van der Waals surface area contributed by atoms with Crippen molar-refractivity contribution in [3.63, 3.8) is 0 Å². The van der Waals surface area contributed by atoms with E-state index in [1.807, 2.05) is 0 Å². The Morgan fingerprint density at radius 2 is 2.24 bits per heavy atom. The number of nitro groups is 1. The van der Waals surface area contributed by atoms with Crippen molar-refractivity contribution in [2.75, 3.05) is 13.2 Å². The highest BCUT2D eigenvalue weighted by atomic mass is 16.6. The Balaban J connectivity index is 1.94. The van der Waals surface area contributed by atoms with Gasteiger partial charge in [-0.3, -0.25) is 14.9 Å². The van der Waals surface area contributed by atoms with E-state index in [-0.39, 0.29) is 29.1 Å². The lowest BCUT2D eigenvalue weighted by atomic mass is 10.1. The van der Waals surface area contributed by atoms with Gasteiger partial charge in [0.1, 0.15) is 11.3 Å². The molecule has 2 unspecified atom stereocenters. The first-order valence-corrected chi connectivity index (χ1v) is 6.98. The van der Waals surface area contributed by atoms with Crippen LogP contribution in [0.25, 0.3) is 0 Å². The molecule has 1 saturated carbocycles. The first kappa shape index (κ1) is 13.8. The quantitative estimate of drug-likeness (QED) is 0.661. The summed E-state index contributed by atoms with van der Waals surface area (Å²) in [4.78, 5) is 24.8. The smallest absolute Gasteiger partial charge is 0.282 e. The van der Waals surface area contributed by atoms with Crippen molar-refractivity contribution >= 4 is 11.6 Å². The minimum atomic E-state index is -0.598. The number of nitrogens with zero attached hydrogens (tertiary/aromatic N) is 2. The van der Waals surface area contributed by atoms with Crippen LogP contribution in [0.1, 0.15) is 29.6 Å². The van der Waals surface area contributed by atoms with Crippen molar-refractivity contribution < 1.29 is 19.6 Å². The van der Waals surface area contributed by atoms with Crippen molar-refractivity contribution in [2.45, 2.75) is 31.4 Å². The van der Waals surface area contributed by atoms with E-state index < -0.39 is 10.8 Å². The Labute approximate surface area is 121 Å². The second-order valence-corrected chi connectivity index (χ2v) is 5.36. The first-order chi connectivity index (χ1) is 10.1. The van der Waals surface area contributed by atoms with Gasteiger partial charge in [0.15, 0.2) is 0 Å². The molecule has 1 aromatic carbocycles. The molecule has 0 radical (unpaired) electrons. The number of carbonyl (C=O) groups is 1. The second kappa shape index (κ2) is 5.33. The molecule has 1 heterocycles. The van der Waals surface area contributed by atoms with Gasteiger partial charge < -0.3 is 14.7 Å². The molecule has 0 aromatic heterocycles. The van der Waals surface area contributed by atoms with Crippen molar-refractivity contribution in [3.05, 3.63) is 33.9 Å². The summed E-state index contributed by atoms with van der Waals surface area (Å²) in [5, 5.41) is 20.6. The zero-order valence-electron chi connectivity index (χ0n) is 11.4. The van der Waals surface area contributed by atoms with Gasteiger partial charge in [-0.2, -0.15) is 0 Å². The molecule has 112 valence electrons. The summed E-state index contributed by atoms with van der Waals surface area (Å²) in [6, 6.07) is 3.52. The Hall–Kier alpha value is -2.15. The molecule has 7 heteroatoms. The van der Waals surface area contributed by atoms with Crippen LogP contribution in [0.2, 0.25) is 0 Å². The Kier molecular flexibility index (Phi) is 3.50. The molecule has 7 nitrogen and oxygen atoms in total. The van der Waals surface area contributed by atoms with Gasteiger partial charge in [-0.1, -0.05) is 0 Å². The number of phenolic OH excluding ortho intramolecular Hbond substituents is 1. The van der Waals surface area contributed by atoms with E-state index in [1.54, 1.807) is 4.90 Å². The van der Waals surface area contributed by atoms with Crippen molar-refractivity contribution in [3.8, 4) is 5.75 Å². The van der Waals surface area contributed by atoms with Crippen LogP contribution in [0.3, 0.4) is 0 Å². The summed E-state index contributed by atoms with van der Waals surface area (Å²) in [7, 11) is 0. The number of phenols is 1. The van der Waals surface area contributed by atoms with Crippen LogP contribution in [0.4, 0.5) is 5.69 Å². The maximum atomic E-state index is 12.7. The largest absolute Gasteiger partial charge is 0.508 e. The summed E-state index contributed by atoms with van der Waals surface area (Å²) < 4.78 is 5.64. The number of ether oxygens (including phenoxy) is 1. The summed E-state index contributed by atoms with van der Waals surface area (Å²) in [6.07, 6.45) is 2.78. The van der Waals surface area contributed by atoms with Gasteiger partial charge in [-0.25, -0.2) is 0 Å². The van der Waals surface area contributed by atoms with Crippen LogP contribution in [0, 0.1) is 10.1 Å². The molecule has 1 saturated heterocycles. The summed E-state index contributed by atoms with van der Waals surface area (Å²) >= 11 is 0. The Morgan fingerprint density at radius 1 is 1.43 bits per heavy atom. The number of morpholine rings is 1. The van der Waals surface area contributed by atoms with E-state index in [1.165, 1.54) is 12.1 Å². The highest BCUT2D eigenvalue weighted by Crippen LogP contribution is 2.32. The third-order valence-corrected chi connectivity index (χ3v) is 4.15. The standard InChI is InChI=1S/C14H16N2O5/c17-9-4-5-11(16(19)20)10(8-9)14(18)15-6-7-21-13-3-1-2-12(13)15/h4-5,8,12-13,17H,1-3,6-7H2. The number of hydrogen-bond acceptors (Lipinski definition) is 5. The maximum Gasteiger partial charge on any atom is 0.282 e. The van der Waals surface area contributed by atoms with Gasteiger partial charge in [-0.15, -0.1) is 0 Å². The van der Waals surface area contributed by atoms with Crippen LogP contribution < -0.4 is 0 Å². The molecule has 1 N–H and O–H groups in total. The molecule has 0 bridgehead atoms. The molecule has 2 atom stereocenters. The number of carbonyl (C=O) groups excluding carboxylic acids is 1. The zero-order chi connectivity index (χ0) is 15.0. The van der Waals surface area contributed by atoms with Gasteiger partial charge in [0.05, 0.1) is 23.7 Å². The Bertz CT molecular complexity index is 589. The minimum Gasteiger partial charge on any atom is -0.508 e. The number of amides is 1. The number of nitro benzene ring substituents is 1. The van der Waals surface area contributed by atoms with Gasteiger partial charge in [0.2, 0.25) is 0 Å². The molecule has 21 heavy (non-hydrogen) atoms. The SMILES string of the molecule is O=C(c1cc(O)ccc1[N+](=O)[O-])N1CCOC2CCCC21. The monoisotopic (exact) mass is 292 g/mol. The molecule has 2 aliphatic rings. The number of benzene rings is 1. The number of rotatable bonds is 2. The fourth-order valence-corrected chi connectivity index (χ4v) is 3.19. The van der Waals surface area contributed by atoms with E-state index in [4.69, 9.17) is 4.74 Å². The van der Waals surface area contributed by atoms with Crippen molar-refractivity contribution in [1.29, 1.82) is 0 Å². The van der Waals surface area contributed by atoms with Gasteiger partial charge in [0, 0.05) is 12.6 Å². The number of hydrogen-bond donors (Lipinski definition) is 1. The number of aromatic hydroxyl groups is 1. The molecule has 1 aliphatic heterocycles. The summed E-state index contributed by atoms with van der Waals surface area (Å²) in [5.41, 5.74) is -0.341. The fraction of sp³-hybridized carbons (Fsp3) is 0.500. The van der Waals surface area contributed by atoms with Crippen molar-refractivity contribution in [1.82, 2.24) is 4.90 Å². The van der Waals surface area contributed by atoms with E-state index in [9.17, 15) is 20.0 Å². The van der Waals surface area contributed by atoms with Crippen LogP contribution in [0.15, 0.2) is 18.2 Å². The van der Waals surface area contributed by atoms with E-state index in [2.05, 4.69) is 0 Å². The second-order valence-electron chi connectivity index (χ2n) is 5.36. The molecule has 1 aliphatic carbocycles. The molecule has 1 amide bonds. The van der Waals surface area contributed by atoms with E-state index in [0.29, 0.717) is 13.2 Å². The lowest BCUT2D eigenvalue weighted by Gasteiger charge is -2.37. The third-order valence-electron chi connectivity index (χ3n) is 4.15. The van der Waals surface area contributed by atoms with Gasteiger partial charge in [0.25, 0.3) is 11.6 Å². The van der Waals surface area contributed by atoms with E-state index >= 15 is 0 Å². The maximum absolute atomic E-state index is 12.7. The topological polar surface area (TPSA) is 92.9 Å². The third kappa shape index (κ3) is 2.44. The zero-order valence-corrected chi connectivity index (χ0v) is 11.4. The highest BCUT2D eigenvalue weighted by Gasteiger charge is 2.40. The lowest BCUT2D eigenvalue weighted by Crippen LogP contribution is -2.51. The molecule has 3 rings (SSSR count). The average Bonchev–Trinajstić information content (AvgIpc) is 2.94. The average molecular weight is 292 g/mol. The highest BCUT2D eigenvalue weighted by molar-refractivity contribution is 5.98. The van der Waals surface area contributed by atoms with Crippen LogP contribution in [-0.4, -0.2) is 46.1 Å². The molecule has 2 fully saturated rings. The van der Waals surface area contributed by atoms with Gasteiger partial charge >= 0.3 is 0 Å². The predicted octanol–water partition coefficient (Wildman–Crippen LogP) is 1.69. The summed E-state index contributed by atoms with van der Waals surface area (Å²) in [6.45, 7) is 0.867. The van der Waals surface area contributed by atoms with Crippen molar-refractivity contribution in [2.24, 2.45) is 0 Å². The predicted molar refractivity (Wildman–Crippen MR) is 73.2 cm³/mol. The summed E-state index contributed by atoms with van der Waals surface area (Å²) in [5.74, 6) is -0.557. The lowest BCUT2D eigenvalue weighted by molar-refractivity contribution is -0.385. The molecule has 0 spiro atoms. The van der Waals surface area contributed by atoms with Crippen LogP contribution in [0.5, 0.6) is 5.75 Å². The fourth-order valence-electron chi connectivity index (χ4n) is 3.19. The Morgan fingerprint density at radius 3 is 3.00 bits per heavy atom. The minimum absolute atomic E-state index is 0.0202. The van der Waals surface area contributed by atoms with Crippen LogP contribution >= 0.6 is 0 Å². The molecular weight excluding hydrogens is 276 g/mol. The normalized spacial score (nSPS) is 24.7. The van der Waals surface area contributed by atoms with Gasteiger partial charge in [-0.05, 0) is 31.4 Å². The molecular formula is C14H16N2O5. The van der Waals surface area contributed by atoms with Crippen LogP contribution in [-0.2, 0) is 4.74 Å². The number of fused-ring (bicyclic) bond motifs is 1. The molecule has 1 aromatic rings.